The van der Waals surface area contributed by atoms with E-state index < -0.39 is 0 Å². The third-order valence-corrected chi connectivity index (χ3v) is 3.70. The molecule has 0 spiro atoms. The number of imidazole rings is 1. The number of para-hydroxylation sites is 2. The lowest BCUT2D eigenvalue weighted by molar-refractivity contribution is 0.324. The second-order valence-corrected chi connectivity index (χ2v) is 5.09. The van der Waals surface area contributed by atoms with Crippen LogP contribution in [-0.2, 0) is 0 Å². The minimum atomic E-state index is 0.647. The summed E-state index contributed by atoms with van der Waals surface area (Å²) < 4.78 is 5.78. The van der Waals surface area contributed by atoms with Gasteiger partial charge in [-0.3, -0.25) is 0 Å². The van der Waals surface area contributed by atoms with Crippen LogP contribution in [0.3, 0.4) is 0 Å². The minimum Gasteiger partial charge on any atom is -0.489 e. The standard InChI is InChI=1S/C15H12ClN3O/c16-10-4-2-5-11-13(10)19-15(18-11)9-3-1-6-12-14(9)20-8-7-17-12/h1-6,17H,7-8H2,(H,18,19). The van der Waals surface area contributed by atoms with Crippen molar-refractivity contribution in [2.24, 2.45) is 0 Å². The number of benzene rings is 2. The molecule has 0 atom stereocenters. The van der Waals surface area contributed by atoms with E-state index in [1.807, 2.05) is 36.4 Å². The summed E-state index contributed by atoms with van der Waals surface area (Å²) in [7, 11) is 0. The largest absolute Gasteiger partial charge is 0.489 e. The highest BCUT2D eigenvalue weighted by molar-refractivity contribution is 6.35. The average molecular weight is 286 g/mol. The van der Waals surface area contributed by atoms with Crippen molar-refractivity contribution in [3.63, 3.8) is 0 Å². The van der Waals surface area contributed by atoms with E-state index >= 15 is 0 Å². The van der Waals surface area contributed by atoms with Crippen LogP contribution in [-0.4, -0.2) is 23.1 Å². The number of H-pyrrole nitrogens is 1. The van der Waals surface area contributed by atoms with Crippen LogP contribution in [0.4, 0.5) is 5.69 Å². The number of ether oxygens (including phenoxy) is 1. The molecule has 1 aliphatic heterocycles. The number of halogens is 1. The molecule has 0 saturated carbocycles. The summed E-state index contributed by atoms with van der Waals surface area (Å²) >= 11 is 6.18. The SMILES string of the molecule is Clc1cccc2[nH]c(-c3cccc4c3OCCN4)nc12. The number of nitrogens with zero attached hydrogens (tertiary/aromatic N) is 1. The Morgan fingerprint density at radius 3 is 2.95 bits per heavy atom. The van der Waals surface area contributed by atoms with Crippen LogP contribution in [0, 0.1) is 0 Å². The minimum absolute atomic E-state index is 0.647. The zero-order valence-corrected chi connectivity index (χ0v) is 11.4. The van der Waals surface area contributed by atoms with E-state index in [1.165, 1.54) is 0 Å². The monoisotopic (exact) mass is 285 g/mol. The first-order chi connectivity index (χ1) is 9.83. The fourth-order valence-electron chi connectivity index (χ4n) is 2.48. The number of hydrogen-bond donors (Lipinski definition) is 2. The fourth-order valence-corrected chi connectivity index (χ4v) is 2.70. The first kappa shape index (κ1) is 11.6. The molecule has 4 nitrogen and oxygen atoms in total. The first-order valence-corrected chi connectivity index (χ1v) is 6.85. The molecule has 1 aliphatic rings. The molecule has 3 aromatic rings. The van der Waals surface area contributed by atoms with Crippen LogP contribution in [0.2, 0.25) is 5.02 Å². The number of aromatic nitrogens is 2. The molecule has 20 heavy (non-hydrogen) atoms. The maximum absolute atomic E-state index is 6.18. The maximum Gasteiger partial charge on any atom is 0.153 e. The zero-order valence-electron chi connectivity index (χ0n) is 10.6. The van der Waals surface area contributed by atoms with Gasteiger partial charge in [0.15, 0.2) is 5.75 Å². The molecule has 0 saturated heterocycles. The van der Waals surface area contributed by atoms with Crippen molar-refractivity contribution in [2.45, 2.75) is 0 Å². The van der Waals surface area contributed by atoms with Gasteiger partial charge in [0, 0.05) is 6.54 Å². The molecule has 2 aromatic carbocycles. The number of rotatable bonds is 1. The summed E-state index contributed by atoms with van der Waals surface area (Å²) in [6, 6.07) is 11.7. The molecule has 2 N–H and O–H groups in total. The number of hydrogen-bond acceptors (Lipinski definition) is 3. The van der Waals surface area contributed by atoms with Crippen LogP contribution in [0.25, 0.3) is 22.4 Å². The van der Waals surface area contributed by atoms with Gasteiger partial charge in [0.05, 0.1) is 21.8 Å². The van der Waals surface area contributed by atoms with Crippen molar-refractivity contribution in [3.8, 4) is 17.1 Å². The average Bonchev–Trinajstić information content (AvgIpc) is 2.92. The Morgan fingerprint density at radius 1 is 1.15 bits per heavy atom. The summed E-state index contributed by atoms with van der Waals surface area (Å²) in [6.07, 6.45) is 0. The van der Waals surface area contributed by atoms with Crippen molar-refractivity contribution in [2.75, 3.05) is 18.5 Å². The van der Waals surface area contributed by atoms with Crippen molar-refractivity contribution < 1.29 is 4.74 Å². The third-order valence-electron chi connectivity index (χ3n) is 3.40. The third kappa shape index (κ3) is 1.72. The lowest BCUT2D eigenvalue weighted by atomic mass is 10.1. The maximum atomic E-state index is 6.18. The molecule has 0 amide bonds. The Kier molecular flexibility index (Phi) is 2.57. The molecular formula is C15H12ClN3O. The van der Waals surface area contributed by atoms with E-state index in [1.54, 1.807) is 0 Å². The van der Waals surface area contributed by atoms with Gasteiger partial charge in [-0.15, -0.1) is 0 Å². The Balaban J connectivity index is 1.93. The van der Waals surface area contributed by atoms with E-state index in [4.69, 9.17) is 16.3 Å². The van der Waals surface area contributed by atoms with Crippen LogP contribution < -0.4 is 10.1 Å². The molecule has 100 valence electrons. The number of aromatic amines is 1. The van der Waals surface area contributed by atoms with E-state index in [0.717, 1.165) is 40.4 Å². The van der Waals surface area contributed by atoms with Gasteiger partial charge in [-0.1, -0.05) is 23.7 Å². The second kappa shape index (κ2) is 4.42. The van der Waals surface area contributed by atoms with E-state index in [2.05, 4.69) is 15.3 Å². The van der Waals surface area contributed by atoms with E-state index in [-0.39, 0.29) is 0 Å². The lowest BCUT2D eigenvalue weighted by Crippen LogP contribution is -2.18. The molecule has 0 radical (unpaired) electrons. The van der Waals surface area contributed by atoms with Crippen LogP contribution >= 0.6 is 11.6 Å². The molecule has 1 aromatic heterocycles. The van der Waals surface area contributed by atoms with Crippen LogP contribution in [0.1, 0.15) is 0 Å². The summed E-state index contributed by atoms with van der Waals surface area (Å²) in [6.45, 7) is 1.48. The highest BCUT2D eigenvalue weighted by atomic mass is 35.5. The molecule has 0 fully saturated rings. The normalized spacial score (nSPS) is 13.7. The Labute approximate surface area is 120 Å². The number of anilines is 1. The quantitative estimate of drug-likeness (QED) is 0.717. The topological polar surface area (TPSA) is 49.9 Å². The predicted molar refractivity (Wildman–Crippen MR) is 80.5 cm³/mol. The predicted octanol–water partition coefficient (Wildman–Crippen LogP) is 3.69. The van der Waals surface area contributed by atoms with Gasteiger partial charge in [0.1, 0.15) is 17.9 Å². The Morgan fingerprint density at radius 2 is 2.05 bits per heavy atom. The van der Waals surface area contributed by atoms with Crippen molar-refractivity contribution in [1.29, 1.82) is 0 Å². The van der Waals surface area contributed by atoms with Gasteiger partial charge in [-0.05, 0) is 24.3 Å². The molecular weight excluding hydrogens is 274 g/mol. The van der Waals surface area contributed by atoms with E-state index in [9.17, 15) is 0 Å². The fraction of sp³-hybridized carbons (Fsp3) is 0.133. The first-order valence-electron chi connectivity index (χ1n) is 6.47. The van der Waals surface area contributed by atoms with Gasteiger partial charge < -0.3 is 15.0 Å². The number of fused-ring (bicyclic) bond motifs is 2. The van der Waals surface area contributed by atoms with Crippen molar-refractivity contribution in [3.05, 3.63) is 41.4 Å². The van der Waals surface area contributed by atoms with Gasteiger partial charge in [0.25, 0.3) is 0 Å². The van der Waals surface area contributed by atoms with E-state index in [0.29, 0.717) is 11.6 Å². The van der Waals surface area contributed by atoms with Gasteiger partial charge >= 0.3 is 0 Å². The summed E-state index contributed by atoms with van der Waals surface area (Å²) in [5.41, 5.74) is 3.65. The molecule has 4 rings (SSSR count). The highest BCUT2D eigenvalue weighted by Crippen LogP contribution is 2.37. The molecule has 0 aliphatic carbocycles. The highest BCUT2D eigenvalue weighted by Gasteiger charge is 2.17. The summed E-state index contributed by atoms with van der Waals surface area (Å²) in [5, 5.41) is 3.97. The molecule has 2 heterocycles. The van der Waals surface area contributed by atoms with Gasteiger partial charge in [-0.2, -0.15) is 0 Å². The molecule has 0 bridgehead atoms. The van der Waals surface area contributed by atoms with Crippen molar-refractivity contribution >= 4 is 28.3 Å². The Bertz CT molecular complexity index is 797. The van der Waals surface area contributed by atoms with Gasteiger partial charge in [-0.25, -0.2) is 4.98 Å². The molecule has 5 heteroatoms. The number of nitrogens with one attached hydrogen (secondary N) is 2. The second-order valence-electron chi connectivity index (χ2n) is 4.68. The molecule has 0 unspecified atom stereocenters. The smallest absolute Gasteiger partial charge is 0.153 e. The lowest BCUT2D eigenvalue weighted by Gasteiger charge is -2.20. The zero-order chi connectivity index (χ0) is 13.5. The van der Waals surface area contributed by atoms with Crippen LogP contribution in [0.15, 0.2) is 36.4 Å². The summed E-state index contributed by atoms with van der Waals surface area (Å²) in [5.74, 6) is 1.61. The van der Waals surface area contributed by atoms with Crippen molar-refractivity contribution in [1.82, 2.24) is 9.97 Å². The Hall–Kier alpha value is -2.20. The van der Waals surface area contributed by atoms with Crippen LogP contribution in [0.5, 0.6) is 5.75 Å². The summed E-state index contributed by atoms with van der Waals surface area (Å²) in [4.78, 5) is 7.89. The van der Waals surface area contributed by atoms with Gasteiger partial charge in [0.2, 0.25) is 0 Å².